The molecule has 0 N–H and O–H groups in total. The van der Waals surface area contributed by atoms with Crippen molar-refractivity contribution in [3.63, 3.8) is 0 Å². The fraction of sp³-hybridized carbons (Fsp3) is 0.455. The number of carbonyl (C=O) groups is 2. The zero-order valence-electron chi connectivity index (χ0n) is 11.6. The normalized spacial score (nSPS) is 10.9. The predicted molar refractivity (Wildman–Crippen MR) is 67.6 cm³/mol. The number of ether oxygens (including phenoxy) is 2. The summed E-state index contributed by atoms with van der Waals surface area (Å²) in [5.41, 5.74) is -0.921. The van der Waals surface area contributed by atoms with Crippen LogP contribution in [0.1, 0.15) is 24.3 Å². The van der Waals surface area contributed by atoms with Crippen LogP contribution in [0.25, 0.3) is 5.65 Å². The summed E-state index contributed by atoms with van der Waals surface area (Å²) in [5.74, 6) is -0.955. The summed E-state index contributed by atoms with van der Waals surface area (Å²) >= 11 is 0. The number of hydrogen-bond acceptors (Lipinski definition) is 8. The largest absolute Gasteiger partial charge is 0.516 e. The molecule has 0 aromatic carbocycles. The van der Waals surface area contributed by atoms with Crippen molar-refractivity contribution in [2.75, 3.05) is 6.61 Å². The van der Waals surface area contributed by atoms with Crippen molar-refractivity contribution in [3.05, 3.63) is 22.5 Å². The molecule has 0 aliphatic carbocycles. The maximum Gasteiger partial charge on any atom is 0.516 e. The predicted octanol–water partition coefficient (Wildman–Crippen LogP) is -0.228. The van der Waals surface area contributed by atoms with E-state index in [2.05, 4.69) is 20.0 Å². The molecular formula is C11H13N5O5. The van der Waals surface area contributed by atoms with E-state index in [1.54, 1.807) is 0 Å². The Bertz CT molecular complexity index is 747. The molecule has 2 aromatic heterocycles. The Morgan fingerprint density at radius 1 is 1.38 bits per heavy atom. The van der Waals surface area contributed by atoms with Gasteiger partial charge in [-0.15, -0.1) is 5.10 Å². The van der Waals surface area contributed by atoms with E-state index < -0.39 is 17.8 Å². The van der Waals surface area contributed by atoms with Crippen LogP contribution in [-0.2, 0) is 16.5 Å². The van der Waals surface area contributed by atoms with Crippen molar-refractivity contribution in [3.8, 4) is 0 Å². The van der Waals surface area contributed by atoms with Crippen molar-refractivity contribution in [2.24, 2.45) is 13.0 Å². The molecule has 10 heteroatoms. The zero-order chi connectivity index (χ0) is 15.6. The molecule has 0 unspecified atom stereocenters. The smallest absolute Gasteiger partial charge is 0.434 e. The Balaban J connectivity index is 2.19. The maximum absolute atomic E-state index is 11.8. The number of aromatic nitrogens is 5. The van der Waals surface area contributed by atoms with Gasteiger partial charge in [0.15, 0.2) is 11.3 Å². The molecule has 2 heterocycles. The second-order valence-electron chi connectivity index (χ2n) is 4.63. The minimum atomic E-state index is -1.13. The number of rotatable bonds is 3. The van der Waals surface area contributed by atoms with Crippen molar-refractivity contribution in [2.45, 2.75) is 13.8 Å². The minimum absolute atomic E-state index is 0.0974. The van der Waals surface area contributed by atoms with Crippen molar-refractivity contribution < 1.29 is 19.1 Å². The molecule has 0 atom stereocenters. The van der Waals surface area contributed by atoms with Gasteiger partial charge in [0.1, 0.15) is 6.33 Å². The van der Waals surface area contributed by atoms with Gasteiger partial charge in [0.2, 0.25) is 0 Å². The quantitative estimate of drug-likeness (QED) is 0.563. The van der Waals surface area contributed by atoms with Crippen LogP contribution in [0.2, 0.25) is 0 Å². The highest BCUT2D eigenvalue weighted by Gasteiger charge is 2.22. The van der Waals surface area contributed by atoms with E-state index >= 15 is 0 Å². The second-order valence-corrected chi connectivity index (χ2v) is 4.63. The molecule has 0 saturated heterocycles. The highest BCUT2D eigenvalue weighted by Crippen LogP contribution is 2.06. The molecule has 0 aliphatic rings. The number of aryl methyl sites for hydroxylation is 1. The van der Waals surface area contributed by atoms with E-state index in [1.165, 1.54) is 7.05 Å². The molecule has 21 heavy (non-hydrogen) atoms. The summed E-state index contributed by atoms with van der Waals surface area (Å²) in [5, 5.41) is 7.19. The molecule has 112 valence electrons. The van der Waals surface area contributed by atoms with Crippen LogP contribution in [0.4, 0.5) is 4.79 Å². The lowest BCUT2D eigenvalue weighted by atomic mass is 10.2. The molecule has 0 spiro atoms. The van der Waals surface area contributed by atoms with Crippen LogP contribution >= 0.6 is 0 Å². The Kier molecular flexibility index (Phi) is 3.96. The average molecular weight is 295 g/mol. The number of esters is 1. The Hall–Kier alpha value is -2.78. The van der Waals surface area contributed by atoms with Gasteiger partial charge in [-0.05, 0) is 5.92 Å². The van der Waals surface area contributed by atoms with E-state index in [4.69, 9.17) is 4.74 Å². The molecule has 0 amide bonds. The molecular weight excluding hydrogens is 282 g/mol. The number of imidazole rings is 1. The van der Waals surface area contributed by atoms with Crippen molar-refractivity contribution >= 4 is 17.8 Å². The number of nitrogens with zero attached hydrogens (tertiary/aromatic N) is 5. The zero-order valence-corrected chi connectivity index (χ0v) is 11.6. The lowest BCUT2D eigenvalue weighted by molar-refractivity contribution is 0.0348. The molecule has 0 bridgehead atoms. The fourth-order valence-corrected chi connectivity index (χ4v) is 1.41. The topological polar surface area (TPSA) is 118 Å². The summed E-state index contributed by atoms with van der Waals surface area (Å²) in [6, 6.07) is 0. The van der Waals surface area contributed by atoms with Gasteiger partial charge in [-0.25, -0.2) is 23.8 Å². The van der Waals surface area contributed by atoms with Gasteiger partial charge in [0.05, 0.1) is 6.61 Å². The van der Waals surface area contributed by atoms with Crippen LogP contribution in [0.5, 0.6) is 0 Å². The molecule has 2 aromatic rings. The third-order valence-electron chi connectivity index (χ3n) is 2.40. The van der Waals surface area contributed by atoms with E-state index in [1.807, 2.05) is 13.8 Å². The van der Waals surface area contributed by atoms with Crippen LogP contribution in [-0.4, -0.2) is 43.1 Å². The highest BCUT2D eigenvalue weighted by atomic mass is 16.7. The summed E-state index contributed by atoms with van der Waals surface area (Å²) in [7, 11) is 1.40. The monoisotopic (exact) mass is 295 g/mol. The van der Waals surface area contributed by atoms with Gasteiger partial charge in [0.25, 0.3) is 0 Å². The maximum atomic E-state index is 11.8. The first-order chi connectivity index (χ1) is 9.90. The van der Waals surface area contributed by atoms with Gasteiger partial charge in [-0.3, -0.25) is 0 Å². The third-order valence-corrected chi connectivity index (χ3v) is 2.40. The average Bonchev–Trinajstić information content (AvgIpc) is 2.85. The summed E-state index contributed by atoms with van der Waals surface area (Å²) in [6.07, 6.45) is -0.0331. The van der Waals surface area contributed by atoms with Gasteiger partial charge in [-0.1, -0.05) is 19.1 Å². The van der Waals surface area contributed by atoms with Crippen molar-refractivity contribution in [1.82, 2.24) is 24.4 Å². The SMILES string of the molecule is CC(C)COC(=O)OC(=O)c1ncn2c(=O)n(C)nnc12. The molecule has 0 fully saturated rings. The van der Waals surface area contributed by atoms with Crippen LogP contribution < -0.4 is 5.69 Å². The van der Waals surface area contributed by atoms with Gasteiger partial charge in [0, 0.05) is 7.05 Å². The molecule has 10 nitrogen and oxygen atoms in total. The Morgan fingerprint density at radius 2 is 2.10 bits per heavy atom. The lowest BCUT2D eigenvalue weighted by Gasteiger charge is -2.05. The minimum Gasteiger partial charge on any atom is -0.434 e. The lowest BCUT2D eigenvalue weighted by Crippen LogP contribution is -2.27. The van der Waals surface area contributed by atoms with E-state index in [0.717, 1.165) is 15.4 Å². The first kappa shape index (κ1) is 14.6. The van der Waals surface area contributed by atoms with E-state index in [-0.39, 0.29) is 23.9 Å². The summed E-state index contributed by atoms with van der Waals surface area (Å²) in [4.78, 5) is 38.5. The summed E-state index contributed by atoms with van der Waals surface area (Å²) < 4.78 is 11.2. The van der Waals surface area contributed by atoms with E-state index in [0.29, 0.717) is 0 Å². The Morgan fingerprint density at radius 3 is 2.76 bits per heavy atom. The van der Waals surface area contributed by atoms with Crippen LogP contribution in [0, 0.1) is 5.92 Å². The first-order valence-corrected chi connectivity index (χ1v) is 6.06. The fourth-order valence-electron chi connectivity index (χ4n) is 1.41. The van der Waals surface area contributed by atoms with E-state index in [9.17, 15) is 14.4 Å². The van der Waals surface area contributed by atoms with Gasteiger partial charge in [-0.2, -0.15) is 4.68 Å². The number of carbonyl (C=O) groups excluding carboxylic acids is 2. The number of hydrogen-bond donors (Lipinski definition) is 0. The van der Waals surface area contributed by atoms with Gasteiger partial charge >= 0.3 is 17.8 Å². The van der Waals surface area contributed by atoms with Crippen LogP contribution in [0.15, 0.2) is 11.1 Å². The second kappa shape index (κ2) is 5.69. The molecule has 0 aliphatic heterocycles. The highest BCUT2D eigenvalue weighted by molar-refractivity contribution is 5.98. The summed E-state index contributed by atoms with van der Waals surface area (Å²) in [6.45, 7) is 3.79. The standard InChI is InChI=1S/C11H13N5O5/c1-6(2)4-20-11(19)21-9(17)7-8-13-14-15(3)10(18)16(8)5-12-7/h5-6H,4H2,1-3H3. The number of fused-ring (bicyclic) bond motifs is 1. The molecule has 0 saturated carbocycles. The molecule has 0 radical (unpaired) electrons. The third kappa shape index (κ3) is 3.04. The van der Waals surface area contributed by atoms with Gasteiger partial charge < -0.3 is 9.47 Å². The Labute approximate surface area is 118 Å². The van der Waals surface area contributed by atoms with Crippen molar-refractivity contribution in [1.29, 1.82) is 0 Å². The first-order valence-electron chi connectivity index (χ1n) is 6.06. The van der Waals surface area contributed by atoms with Crippen LogP contribution in [0.3, 0.4) is 0 Å². The molecule has 2 rings (SSSR count).